The van der Waals surface area contributed by atoms with Crippen LogP contribution in [0.5, 0.6) is 0 Å². The third kappa shape index (κ3) is 6.35. The molecule has 1 aromatic heterocycles. The van der Waals surface area contributed by atoms with Crippen molar-refractivity contribution in [2.75, 3.05) is 18.5 Å². The number of amidine groups is 1. The number of ether oxygens (including phenoxy) is 2. The summed E-state index contributed by atoms with van der Waals surface area (Å²) >= 11 is 17.4. The second-order valence-electron chi connectivity index (χ2n) is 6.87. The molecule has 1 aliphatic heterocycles. The molecule has 176 valence electrons. The van der Waals surface area contributed by atoms with Gasteiger partial charge in [-0.1, -0.05) is 45.2 Å². The van der Waals surface area contributed by atoms with Gasteiger partial charge in [0.15, 0.2) is 10.8 Å². The number of hydrogen-bond donors (Lipinski definition) is 1. The molecule has 0 saturated heterocycles. The first-order chi connectivity index (χ1) is 15.9. The van der Waals surface area contributed by atoms with Crippen LogP contribution in [0.1, 0.15) is 42.6 Å². The van der Waals surface area contributed by atoms with E-state index < -0.39 is 12.0 Å². The average Bonchev–Trinajstić information content (AvgIpc) is 3.26. The van der Waals surface area contributed by atoms with Gasteiger partial charge in [-0.25, -0.2) is 9.78 Å². The Hall–Kier alpha value is -1.94. The Kier molecular flexibility index (Phi) is 9.31. The molecule has 33 heavy (non-hydrogen) atoms. The van der Waals surface area contributed by atoms with Crippen molar-refractivity contribution < 1.29 is 19.1 Å². The van der Waals surface area contributed by atoms with E-state index in [0.29, 0.717) is 56.1 Å². The lowest BCUT2D eigenvalue weighted by molar-refractivity contribution is -0.143. The molecule has 0 spiro atoms. The van der Waals surface area contributed by atoms with Crippen molar-refractivity contribution in [3.8, 4) is 0 Å². The van der Waals surface area contributed by atoms with Gasteiger partial charge >= 0.3 is 11.9 Å². The zero-order valence-electron chi connectivity index (χ0n) is 18.0. The van der Waals surface area contributed by atoms with Gasteiger partial charge in [-0.15, -0.1) is 11.3 Å². The van der Waals surface area contributed by atoms with Gasteiger partial charge in [0.05, 0.1) is 30.9 Å². The Morgan fingerprint density at radius 3 is 2.64 bits per heavy atom. The van der Waals surface area contributed by atoms with Gasteiger partial charge in [0, 0.05) is 38.4 Å². The van der Waals surface area contributed by atoms with Crippen LogP contribution in [-0.4, -0.2) is 41.3 Å². The Balaban J connectivity index is 1.97. The summed E-state index contributed by atoms with van der Waals surface area (Å²) < 4.78 is 10.3. The van der Waals surface area contributed by atoms with Gasteiger partial charge in [0.25, 0.3) is 0 Å². The van der Waals surface area contributed by atoms with E-state index in [1.54, 1.807) is 32.0 Å². The third-order valence-electron chi connectivity index (χ3n) is 4.66. The van der Waals surface area contributed by atoms with Gasteiger partial charge in [-0.2, -0.15) is 0 Å². The predicted octanol–water partition coefficient (Wildman–Crippen LogP) is 5.25. The number of thiazole rings is 1. The summed E-state index contributed by atoms with van der Waals surface area (Å²) in [6.45, 7) is 4.09. The molecule has 2 heterocycles. The monoisotopic (exact) mass is 573 g/mol. The van der Waals surface area contributed by atoms with E-state index in [4.69, 9.17) is 37.7 Å². The largest absolute Gasteiger partial charge is 0.466 e. The summed E-state index contributed by atoms with van der Waals surface area (Å²) in [5.74, 6) is -0.241. The molecular weight excluding hydrogens is 553 g/mol. The van der Waals surface area contributed by atoms with Crippen LogP contribution in [0.25, 0.3) is 0 Å². The number of nitrogens with one attached hydrogen (secondary N) is 1. The van der Waals surface area contributed by atoms with E-state index in [0.717, 1.165) is 5.69 Å². The van der Waals surface area contributed by atoms with Crippen molar-refractivity contribution in [3.05, 3.63) is 61.2 Å². The fourth-order valence-electron chi connectivity index (χ4n) is 3.20. The molecule has 0 bridgehead atoms. The quantitative estimate of drug-likeness (QED) is 0.325. The number of alkyl halides is 1. The van der Waals surface area contributed by atoms with E-state index in [9.17, 15) is 9.59 Å². The molecular formula is C22H22BrCl2N3O4S. The molecule has 1 atom stereocenters. The number of aliphatic imine (C=N–C) groups is 1. The minimum atomic E-state index is -0.704. The van der Waals surface area contributed by atoms with E-state index in [-0.39, 0.29) is 19.0 Å². The van der Waals surface area contributed by atoms with Crippen LogP contribution in [0.15, 0.2) is 39.8 Å². The fourth-order valence-corrected chi connectivity index (χ4v) is 4.96. The summed E-state index contributed by atoms with van der Waals surface area (Å²) in [7, 11) is 0. The lowest BCUT2D eigenvalue weighted by atomic mass is 9.96. The Morgan fingerprint density at radius 2 is 1.97 bits per heavy atom. The van der Waals surface area contributed by atoms with Crippen LogP contribution in [0.2, 0.25) is 10.0 Å². The zero-order valence-corrected chi connectivity index (χ0v) is 21.9. The summed E-state index contributed by atoms with van der Waals surface area (Å²) in [6.07, 6.45) is 0.712. The SMILES string of the molecule is CCOC(=O)CCc1csc(C2=NC(c3ccc(Cl)cc3Cl)C(C(=O)OCC)=C(CBr)N2)n1. The molecule has 11 heteroatoms. The minimum absolute atomic E-state index is 0.228. The highest BCUT2D eigenvalue weighted by atomic mass is 79.9. The summed E-state index contributed by atoms with van der Waals surface area (Å²) in [5.41, 5.74) is 2.35. The molecule has 0 radical (unpaired) electrons. The predicted molar refractivity (Wildman–Crippen MR) is 133 cm³/mol. The van der Waals surface area contributed by atoms with Crippen molar-refractivity contribution in [2.24, 2.45) is 4.99 Å². The second-order valence-corrected chi connectivity index (χ2v) is 9.13. The number of halogens is 3. The third-order valence-corrected chi connectivity index (χ3v) is 6.68. The van der Waals surface area contributed by atoms with Crippen LogP contribution in [0.4, 0.5) is 0 Å². The Bertz CT molecular complexity index is 1100. The highest BCUT2D eigenvalue weighted by molar-refractivity contribution is 9.09. The molecule has 7 nitrogen and oxygen atoms in total. The maximum absolute atomic E-state index is 12.8. The first-order valence-electron chi connectivity index (χ1n) is 10.2. The number of benzene rings is 1. The summed E-state index contributed by atoms with van der Waals surface area (Å²) in [4.78, 5) is 33.9. The second kappa shape index (κ2) is 12.0. The summed E-state index contributed by atoms with van der Waals surface area (Å²) in [6, 6.07) is 4.36. The van der Waals surface area contributed by atoms with Gasteiger partial charge < -0.3 is 14.8 Å². The number of nitrogens with zero attached hydrogens (tertiary/aromatic N) is 2. The molecule has 0 fully saturated rings. The van der Waals surface area contributed by atoms with Gasteiger partial charge in [0.2, 0.25) is 0 Å². The highest BCUT2D eigenvalue weighted by Gasteiger charge is 2.33. The normalized spacial score (nSPS) is 15.7. The molecule has 1 N–H and O–H groups in total. The maximum Gasteiger partial charge on any atom is 0.338 e. The molecule has 0 amide bonds. The Morgan fingerprint density at radius 1 is 1.21 bits per heavy atom. The van der Waals surface area contributed by atoms with E-state index in [1.807, 2.05) is 5.38 Å². The topological polar surface area (TPSA) is 89.9 Å². The zero-order chi connectivity index (χ0) is 24.0. The molecule has 2 aromatic rings. The van der Waals surface area contributed by atoms with E-state index >= 15 is 0 Å². The minimum Gasteiger partial charge on any atom is -0.466 e. The molecule has 1 aromatic carbocycles. The van der Waals surface area contributed by atoms with Crippen LogP contribution in [0.3, 0.4) is 0 Å². The average molecular weight is 575 g/mol. The standard InChI is InChI=1S/C22H22BrCl2N3O4S/c1-3-31-17(29)8-6-13-11-33-21(26-13)20-27-16(10-23)18(22(30)32-4-2)19(28-20)14-7-5-12(24)9-15(14)25/h5,7,9,11,19H,3-4,6,8,10H2,1-2H3,(H,27,28). The number of carbonyl (C=O) groups is 2. The number of rotatable bonds is 9. The molecule has 1 unspecified atom stereocenters. The van der Waals surface area contributed by atoms with Gasteiger partial charge in [-0.05, 0) is 26.0 Å². The molecule has 0 aliphatic carbocycles. The lowest BCUT2D eigenvalue weighted by Gasteiger charge is -2.26. The summed E-state index contributed by atoms with van der Waals surface area (Å²) in [5, 5.41) is 6.95. The first kappa shape index (κ1) is 25.7. The maximum atomic E-state index is 12.8. The van der Waals surface area contributed by atoms with Crippen LogP contribution >= 0.6 is 50.5 Å². The molecule has 1 aliphatic rings. The lowest BCUT2D eigenvalue weighted by Crippen LogP contribution is -2.34. The van der Waals surface area contributed by atoms with E-state index in [1.165, 1.54) is 11.3 Å². The van der Waals surface area contributed by atoms with Crippen molar-refractivity contribution in [1.29, 1.82) is 0 Å². The van der Waals surface area contributed by atoms with Crippen molar-refractivity contribution in [2.45, 2.75) is 32.7 Å². The molecule has 0 saturated carbocycles. The smallest absolute Gasteiger partial charge is 0.338 e. The number of carbonyl (C=O) groups excluding carboxylic acids is 2. The van der Waals surface area contributed by atoms with Crippen molar-refractivity contribution in [3.63, 3.8) is 0 Å². The Labute approximate surface area is 214 Å². The fraction of sp³-hybridized carbons (Fsp3) is 0.364. The van der Waals surface area contributed by atoms with E-state index in [2.05, 4.69) is 26.2 Å². The van der Waals surface area contributed by atoms with Crippen LogP contribution in [-0.2, 0) is 25.5 Å². The van der Waals surface area contributed by atoms with Gasteiger partial charge in [-0.3, -0.25) is 9.79 Å². The number of aromatic nitrogens is 1. The van der Waals surface area contributed by atoms with Crippen molar-refractivity contribution in [1.82, 2.24) is 10.3 Å². The number of aryl methyl sites for hydroxylation is 1. The van der Waals surface area contributed by atoms with Crippen molar-refractivity contribution >= 4 is 68.2 Å². The molecule has 3 rings (SSSR count). The number of allylic oxidation sites excluding steroid dienone is 1. The van der Waals surface area contributed by atoms with Crippen LogP contribution < -0.4 is 5.32 Å². The van der Waals surface area contributed by atoms with Crippen LogP contribution in [0, 0.1) is 0 Å². The van der Waals surface area contributed by atoms with Gasteiger partial charge in [0.1, 0.15) is 6.04 Å². The first-order valence-corrected chi connectivity index (χ1v) is 13.0. The highest BCUT2D eigenvalue weighted by Crippen LogP contribution is 2.37. The number of esters is 2. The number of hydrogen-bond acceptors (Lipinski definition) is 8.